The second-order valence-corrected chi connectivity index (χ2v) is 10.5. The van der Waals surface area contributed by atoms with Crippen LogP contribution in [0.4, 0.5) is 5.69 Å². The van der Waals surface area contributed by atoms with Gasteiger partial charge in [0, 0.05) is 17.1 Å². The van der Waals surface area contributed by atoms with E-state index in [9.17, 15) is 14.4 Å². The number of benzene rings is 1. The lowest BCUT2D eigenvalue weighted by atomic mass is 10.2. The van der Waals surface area contributed by atoms with Gasteiger partial charge in [-0.15, -0.1) is 23.1 Å². The van der Waals surface area contributed by atoms with Gasteiger partial charge in [0.05, 0.1) is 16.4 Å². The van der Waals surface area contributed by atoms with Crippen molar-refractivity contribution in [3.05, 3.63) is 57.0 Å². The summed E-state index contributed by atoms with van der Waals surface area (Å²) < 4.78 is 0. The molecule has 1 saturated heterocycles. The molecule has 2 atom stereocenters. The van der Waals surface area contributed by atoms with Gasteiger partial charge >= 0.3 is 0 Å². The first-order chi connectivity index (χ1) is 15.3. The van der Waals surface area contributed by atoms with Crippen molar-refractivity contribution in [1.29, 1.82) is 0 Å². The van der Waals surface area contributed by atoms with Gasteiger partial charge in [0.15, 0.2) is 0 Å². The Kier molecular flexibility index (Phi) is 6.66. The summed E-state index contributed by atoms with van der Waals surface area (Å²) in [6.07, 6.45) is 1.46. The highest BCUT2D eigenvalue weighted by Crippen LogP contribution is 2.28. The van der Waals surface area contributed by atoms with E-state index in [0.29, 0.717) is 29.9 Å². The van der Waals surface area contributed by atoms with Gasteiger partial charge < -0.3 is 15.2 Å². The summed E-state index contributed by atoms with van der Waals surface area (Å²) in [6.45, 7) is 6.33. The van der Waals surface area contributed by atoms with E-state index in [1.807, 2.05) is 51.1 Å². The maximum Gasteiger partial charge on any atom is 0.259 e. The van der Waals surface area contributed by atoms with Crippen molar-refractivity contribution in [3.8, 4) is 0 Å². The first-order valence-corrected chi connectivity index (χ1v) is 12.5. The number of rotatable bonds is 6. The van der Waals surface area contributed by atoms with E-state index in [1.165, 1.54) is 23.1 Å². The van der Waals surface area contributed by atoms with Crippen LogP contribution in [0, 0.1) is 13.8 Å². The predicted molar refractivity (Wildman–Crippen MR) is 130 cm³/mol. The molecule has 0 aliphatic carbocycles. The van der Waals surface area contributed by atoms with Crippen LogP contribution in [0.1, 0.15) is 36.0 Å². The fourth-order valence-corrected chi connectivity index (χ4v) is 5.80. The van der Waals surface area contributed by atoms with Gasteiger partial charge in [0.2, 0.25) is 11.8 Å². The summed E-state index contributed by atoms with van der Waals surface area (Å²) in [4.78, 5) is 49.3. The highest BCUT2D eigenvalue weighted by Gasteiger charge is 2.36. The minimum Gasteiger partial charge on any atom is -0.330 e. The number of thioether (sulfide) groups is 1. The molecule has 9 heteroatoms. The molecule has 168 valence electrons. The van der Waals surface area contributed by atoms with E-state index >= 15 is 0 Å². The Morgan fingerprint density at radius 1 is 1.31 bits per heavy atom. The molecule has 2 unspecified atom stereocenters. The number of aromatic nitrogens is 2. The molecule has 0 bridgehead atoms. The largest absolute Gasteiger partial charge is 0.330 e. The van der Waals surface area contributed by atoms with Crippen molar-refractivity contribution in [2.75, 3.05) is 11.9 Å². The molecule has 0 radical (unpaired) electrons. The second kappa shape index (κ2) is 9.46. The number of carbonyl (C=O) groups excluding carboxylic acids is 2. The maximum atomic E-state index is 13.1. The first-order valence-electron chi connectivity index (χ1n) is 10.6. The number of aryl methyl sites for hydroxylation is 2. The molecule has 1 aliphatic rings. The van der Waals surface area contributed by atoms with Crippen molar-refractivity contribution in [2.24, 2.45) is 0 Å². The van der Waals surface area contributed by atoms with Crippen LogP contribution in [0.25, 0.3) is 10.2 Å². The average Bonchev–Trinajstić information content (AvgIpc) is 3.37. The number of carbonyl (C=O) groups is 2. The van der Waals surface area contributed by atoms with E-state index in [0.717, 1.165) is 27.4 Å². The summed E-state index contributed by atoms with van der Waals surface area (Å²) >= 11 is 2.93. The van der Waals surface area contributed by atoms with E-state index in [2.05, 4.69) is 15.3 Å². The molecule has 3 aromatic rings. The van der Waals surface area contributed by atoms with Crippen molar-refractivity contribution >= 4 is 50.8 Å². The minimum atomic E-state index is -0.461. The zero-order chi connectivity index (χ0) is 22.8. The van der Waals surface area contributed by atoms with Crippen LogP contribution in [0.3, 0.4) is 0 Å². The summed E-state index contributed by atoms with van der Waals surface area (Å²) in [7, 11) is 0. The topological polar surface area (TPSA) is 95.2 Å². The molecule has 1 aliphatic heterocycles. The van der Waals surface area contributed by atoms with Gasteiger partial charge in [-0.1, -0.05) is 18.2 Å². The number of likely N-dealkylation sites (tertiary alicyclic amines) is 1. The Morgan fingerprint density at radius 3 is 2.81 bits per heavy atom. The van der Waals surface area contributed by atoms with Crippen LogP contribution in [-0.4, -0.2) is 44.5 Å². The molecule has 1 aromatic carbocycles. The zero-order valence-corrected chi connectivity index (χ0v) is 19.9. The molecule has 3 heterocycles. The van der Waals surface area contributed by atoms with Crippen LogP contribution in [0.15, 0.2) is 35.1 Å². The number of fused-ring (bicyclic) bond motifs is 1. The number of amides is 2. The smallest absolute Gasteiger partial charge is 0.259 e. The summed E-state index contributed by atoms with van der Waals surface area (Å²) in [5.74, 6) is 0.766. The minimum absolute atomic E-state index is 0.0630. The van der Waals surface area contributed by atoms with Gasteiger partial charge in [0.25, 0.3) is 5.56 Å². The van der Waals surface area contributed by atoms with E-state index in [1.54, 1.807) is 4.90 Å². The normalized spacial score (nSPS) is 17.0. The van der Waals surface area contributed by atoms with E-state index in [-0.39, 0.29) is 22.6 Å². The van der Waals surface area contributed by atoms with Gasteiger partial charge in [-0.2, -0.15) is 0 Å². The molecule has 2 amide bonds. The average molecular weight is 471 g/mol. The zero-order valence-electron chi connectivity index (χ0n) is 18.3. The number of para-hydroxylation sites is 1. The molecule has 32 heavy (non-hydrogen) atoms. The molecule has 4 rings (SSSR count). The molecule has 7 nitrogen and oxygen atoms in total. The van der Waals surface area contributed by atoms with Crippen LogP contribution in [0.2, 0.25) is 0 Å². The lowest BCUT2D eigenvalue weighted by molar-refractivity contribution is -0.135. The first kappa shape index (κ1) is 22.5. The lowest BCUT2D eigenvalue weighted by Crippen LogP contribution is -2.46. The molecule has 2 aromatic heterocycles. The van der Waals surface area contributed by atoms with Crippen LogP contribution in [-0.2, 0) is 15.3 Å². The van der Waals surface area contributed by atoms with Crippen molar-refractivity contribution in [2.45, 2.75) is 50.7 Å². The van der Waals surface area contributed by atoms with Crippen molar-refractivity contribution < 1.29 is 9.59 Å². The fourth-order valence-electron chi connectivity index (χ4n) is 3.93. The van der Waals surface area contributed by atoms with Crippen LogP contribution >= 0.6 is 23.1 Å². The van der Waals surface area contributed by atoms with E-state index < -0.39 is 6.04 Å². The quantitative estimate of drug-likeness (QED) is 0.571. The highest BCUT2D eigenvalue weighted by molar-refractivity contribution is 7.99. The number of hydrogen-bond acceptors (Lipinski definition) is 6. The molecule has 0 spiro atoms. The lowest BCUT2D eigenvalue weighted by Gasteiger charge is -2.26. The summed E-state index contributed by atoms with van der Waals surface area (Å²) in [5.41, 5.74) is 1.56. The summed E-state index contributed by atoms with van der Waals surface area (Å²) in [5, 5.41) is 3.20. The van der Waals surface area contributed by atoms with Gasteiger partial charge in [-0.05, 0) is 51.3 Å². The SMILES string of the molecule is Cc1sc2nc(CSC(C)C(=O)N3CCCC3C(=O)Nc3ccccc3)[nH]c(=O)c2c1C. The third-order valence-electron chi connectivity index (χ3n) is 5.79. The molecule has 2 N–H and O–H groups in total. The highest BCUT2D eigenvalue weighted by atomic mass is 32.2. The maximum absolute atomic E-state index is 13.1. The van der Waals surface area contributed by atoms with E-state index in [4.69, 9.17) is 0 Å². The van der Waals surface area contributed by atoms with Gasteiger partial charge in [0.1, 0.15) is 16.7 Å². The Labute approximate surface area is 194 Å². The number of thiophene rings is 1. The monoisotopic (exact) mass is 470 g/mol. The fraction of sp³-hybridized carbons (Fsp3) is 0.391. The number of anilines is 1. The Bertz CT molecular complexity index is 1210. The number of hydrogen-bond donors (Lipinski definition) is 2. The van der Waals surface area contributed by atoms with Crippen LogP contribution in [0.5, 0.6) is 0 Å². The van der Waals surface area contributed by atoms with Crippen molar-refractivity contribution in [1.82, 2.24) is 14.9 Å². The number of aromatic amines is 1. The standard InChI is InChI=1S/C23H26N4O3S2/c1-13-14(2)32-22-19(13)21(29)25-18(26-22)12-31-15(3)23(30)27-11-7-10-17(27)20(28)24-16-8-5-4-6-9-16/h4-6,8-9,15,17H,7,10-12H2,1-3H3,(H,24,28)(H,25,26,29). The Balaban J connectivity index is 1.40. The third kappa shape index (κ3) is 4.59. The van der Waals surface area contributed by atoms with Gasteiger partial charge in [-0.3, -0.25) is 14.4 Å². The van der Waals surface area contributed by atoms with Crippen LogP contribution < -0.4 is 10.9 Å². The molecular formula is C23H26N4O3S2. The number of nitrogens with zero attached hydrogens (tertiary/aromatic N) is 2. The number of nitrogens with one attached hydrogen (secondary N) is 2. The molecule has 1 fully saturated rings. The second-order valence-electron chi connectivity index (χ2n) is 7.97. The van der Waals surface area contributed by atoms with Crippen molar-refractivity contribution in [3.63, 3.8) is 0 Å². The predicted octanol–water partition coefficient (Wildman–Crippen LogP) is 3.85. The van der Waals surface area contributed by atoms with Gasteiger partial charge in [-0.25, -0.2) is 4.98 Å². The Morgan fingerprint density at radius 2 is 2.06 bits per heavy atom. The molecule has 0 saturated carbocycles. The Hall–Kier alpha value is -2.65. The summed E-state index contributed by atoms with van der Waals surface area (Å²) in [6, 6.07) is 8.82. The molecular weight excluding hydrogens is 444 g/mol. The number of H-pyrrole nitrogens is 1. The third-order valence-corrected chi connectivity index (χ3v) is 8.03.